The first-order chi connectivity index (χ1) is 9.04. The monoisotopic (exact) mass is 253 g/mol. The maximum atomic E-state index is 3.60. The molecule has 1 N–H and O–H groups in total. The van der Waals surface area contributed by atoms with Crippen molar-refractivity contribution in [3.8, 4) is 0 Å². The lowest BCUT2D eigenvalue weighted by Crippen LogP contribution is -2.18. The Morgan fingerprint density at radius 2 is 1.58 bits per heavy atom. The number of hydrogen-bond acceptors (Lipinski definition) is 1. The maximum absolute atomic E-state index is 3.60. The van der Waals surface area contributed by atoms with Crippen molar-refractivity contribution < 1.29 is 0 Å². The van der Waals surface area contributed by atoms with Crippen molar-refractivity contribution in [1.29, 1.82) is 0 Å². The van der Waals surface area contributed by atoms with E-state index in [4.69, 9.17) is 0 Å². The van der Waals surface area contributed by atoms with Crippen LogP contribution >= 0.6 is 0 Å². The summed E-state index contributed by atoms with van der Waals surface area (Å²) in [5, 5.41) is 3.60. The van der Waals surface area contributed by atoms with Crippen LogP contribution < -0.4 is 5.32 Å². The van der Waals surface area contributed by atoms with Gasteiger partial charge in [-0.3, -0.25) is 0 Å². The van der Waals surface area contributed by atoms with E-state index < -0.39 is 0 Å². The van der Waals surface area contributed by atoms with Crippen LogP contribution in [0.5, 0.6) is 0 Å². The van der Waals surface area contributed by atoms with Crippen LogP contribution in [-0.4, -0.2) is 0 Å². The SMILES string of the molecule is Cc1cc(C)cc(CN[C@@H](C)c2cccc(C)c2)c1. The second kappa shape index (κ2) is 6.03. The minimum atomic E-state index is 0.376. The molecule has 1 atom stereocenters. The van der Waals surface area contributed by atoms with Gasteiger partial charge in [0.1, 0.15) is 0 Å². The molecule has 1 nitrogen and oxygen atoms in total. The van der Waals surface area contributed by atoms with E-state index in [0.29, 0.717) is 6.04 Å². The third-order valence-corrected chi connectivity index (χ3v) is 3.44. The lowest BCUT2D eigenvalue weighted by molar-refractivity contribution is 0.574. The minimum Gasteiger partial charge on any atom is -0.306 e. The van der Waals surface area contributed by atoms with Gasteiger partial charge in [-0.25, -0.2) is 0 Å². The summed E-state index contributed by atoms with van der Waals surface area (Å²) in [6.07, 6.45) is 0. The summed E-state index contributed by atoms with van der Waals surface area (Å²) < 4.78 is 0. The van der Waals surface area contributed by atoms with Gasteiger partial charge in [-0.05, 0) is 38.8 Å². The molecule has 2 aromatic rings. The van der Waals surface area contributed by atoms with E-state index in [9.17, 15) is 0 Å². The van der Waals surface area contributed by atoms with E-state index in [0.717, 1.165) is 6.54 Å². The van der Waals surface area contributed by atoms with E-state index in [1.165, 1.54) is 27.8 Å². The van der Waals surface area contributed by atoms with Crippen LogP contribution in [0.25, 0.3) is 0 Å². The highest BCUT2D eigenvalue weighted by atomic mass is 14.9. The average molecular weight is 253 g/mol. The molecule has 0 aliphatic heterocycles. The average Bonchev–Trinajstić information content (AvgIpc) is 2.35. The van der Waals surface area contributed by atoms with Crippen LogP contribution in [0.4, 0.5) is 0 Å². The fraction of sp³-hybridized carbons (Fsp3) is 0.333. The zero-order chi connectivity index (χ0) is 13.8. The van der Waals surface area contributed by atoms with E-state index in [1.807, 2.05) is 0 Å². The summed E-state index contributed by atoms with van der Waals surface area (Å²) >= 11 is 0. The zero-order valence-electron chi connectivity index (χ0n) is 12.3. The van der Waals surface area contributed by atoms with Gasteiger partial charge in [0.05, 0.1) is 0 Å². The molecule has 0 saturated heterocycles. The summed E-state index contributed by atoms with van der Waals surface area (Å²) in [6.45, 7) is 9.58. The number of hydrogen-bond donors (Lipinski definition) is 1. The van der Waals surface area contributed by atoms with Crippen LogP contribution in [0.1, 0.15) is 40.8 Å². The van der Waals surface area contributed by atoms with Gasteiger partial charge in [0, 0.05) is 12.6 Å². The van der Waals surface area contributed by atoms with Gasteiger partial charge in [0.2, 0.25) is 0 Å². The number of aryl methyl sites for hydroxylation is 3. The molecule has 0 spiro atoms. The third-order valence-electron chi connectivity index (χ3n) is 3.44. The third kappa shape index (κ3) is 3.93. The Kier molecular flexibility index (Phi) is 4.39. The number of rotatable bonds is 4. The molecular weight excluding hydrogens is 230 g/mol. The molecule has 0 aliphatic carbocycles. The fourth-order valence-corrected chi connectivity index (χ4v) is 2.50. The molecule has 0 aliphatic rings. The predicted molar refractivity (Wildman–Crippen MR) is 82.3 cm³/mol. The van der Waals surface area contributed by atoms with Gasteiger partial charge in [-0.2, -0.15) is 0 Å². The molecule has 0 heterocycles. The van der Waals surface area contributed by atoms with Crippen molar-refractivity contribution in [1.82, 2.24) is 5.32 Å². The van der Waals surface area contributed by atoms with Crippen molar-refractivity contribution in [2.24, 2.45) is 0 Å². The molecule has 0 unspecified atom stereocenters. The summed E-state index contributed by atoms with van der Waals surface area (Å²) in [4.78, 5) is 0. The lowest BCUT2D eigenvalue weighted by atomic mass is 10.0. The molecule has 0 amide bonds. The summed E-state index contributed by atoms with van der Waals surface area (Å²) in [6, 6.07) is 15.8. The van der Waals surface area contributed by atoms with Crippen molar-refractivity contribution in [2.45, 2.75) is 40.3 Å². The quantitative estimate of drug-likeness (QED) is 0.848. The van der Waals surface area contributed by atoms with Crippen molar-refractivity contribution >= 4 is 0 Å². The zero-order valence-corrected chi connectivity index (χ0v) is 12.3. The Morgan fingerprint density at radius 1 is 0.895 bits per heavy atom. The van der Waals surface area contributed by atoms with Crippen LogP contribution in [-0.2, 0) is 6.54 Å². The molecule has 0 saturated carbocycles. The Labute approximate surface area is 116 Å². The van der Waals surface area contributed by atoms with Gasteiger partial charge in [-0.1, -0.05) is 59.2 Å². The normalized spacial score (nSPS) is 12.4. The van der Waals surface area contributed by atoms with Crippen molar-refractivity contribution in [2.75, 3.05) is 0 Å². The predicted octanol–water partition coefficient (Wildman–Crippen LogP) is 4.46. The molecular formula is C18H23N. The van der Waals surface area contributed by atoms with Gasteiger partial charge < -0.3 is 5.32 Å². The molecule has 2 aromatic carbocycles. The smallest absolute Gasteiger partial charge is 0.0295 e. The first-order valence-corrected chi connectivity index (χ1v) is 6.92. The molecule has 19 heavy (non-hydrogen) atoms. The Hall–Kier alpha value is -1.60. The minimum absolute atomic E-state index is 0.376. The number of nitrogens with one attached hydrogen (secondary N) is 1. The summed E-state index contributed by atoms with van der Waals surface area (Å²) in [7, 11) is 0. The van der Waals surface area contributed by atoms with E-state index in [1.54, 1.807) is 0 Å². The van der Waals surface area contributed by atoms with Crippen molar-refractivity contribution in [3.63, 3.8) is 0 Å². The standard InChI is InChI=1S/C18H23N/c1-13-6-5-7-18(11-13)16(4)19-12-17-9-14(2)8-15(3)10-17/h5-11,16,19H,12H2,1-4H3/t16-/m0/s1. The first kappa shape index (κ1) is 13.8. The second-order valence-corrected chi connectivity index (χ2v) is 5.51. The Bertz CT molecular complexity index is 537. The maximum Gasteiger partial charge on any atom is 0.0295 e. The highest BCUT2D eigenvalue weighted by molar-refractivity contribution is 5.29. The van der Waals surface area contributed by atoms with Gasteiger partial charge in [0.25, 0.3) is 0 Å². The van der Waals surface area contributed by atoms with E-state index in [2.05, 4.69) is 75.5 Å². The summed E-state index contributed by atoms with van der Waals surface area (Å²) in [5.74, 6) is 0. The van der Waals surface area contributed by atoms with Gasteiger partial charge >= 0.3 is 0 Å². The highest BCUT2D eigenvalue weighted by Gasteiger charge is 2.05. The van der Waals surface area contributed by atoms with Crippen LogP contribution in [0, 0.1) is 20.8 Å². The van der Waals surface area contributed by atoms with Crippen molar-refractivity contribution in [3.05, 3.63) is 70.3 Å². The lowest BCUT2D eigenvalue weighted by Gasteiger charge is -2.15. The number of benzene rings is 2. The van der Waals surface area contributed by atoms with E-state index >= 15 is 0 Å². The molecule has 100 valence electrons. The molecule has 1 heteroatoms. The largest absolute Gasteiger partial charge is 0.306 e. The summed E-state index contributed by atoms with van der Waals surface area (Å²) in [5.41, 5.74) is 6.69. The van der Waals surface area contributed by atoms with Gasteiger partial charge in [-0.15, -0.1) is 0 Å². The van der Waals surface area contributed by atoms with Crippen LogP contribution in [0.3, 0.4) is 0 Å². The Morgan fingerprint density at radius 3 is 2.21 bits per heavy atom. The van der Waals surface area contributed by atoms with Crippen LogP contribution in [0.15, 0.2) is 42.5 Å². The van der Waals surface area contributed by atoms with Crippen LogP contribution in [0.2, 0.25) is 0 Å². The second-order valence-electron chi connectivity index (χ2n) is 5.51. The molecule has 0 bridgehead atoms. The molecule has 0 fully saturated rings. The fourth-order valence-electron chi connectivity index (χ4n) is 2.50. The van der Waals surface area contributed by atoms with E-state index in [-0.39, 0.29) is 0 Å². The first-order valence-electron chi connectivity index (χ1n) is 6.92. The highest BCUT2D eigenvalue weighted by Crippen LogP contribution is 2.15. The van der Waals surface area contributed by atoms with Gasteiger partial charge in [0.15, 0.2) is 0 Å². The topological polar surface area (TPSA) is 12.0 Å². The molecule has 0 radical (unpaired) electrons. The molecule has 2 rings (SSSR count). The molecule has 0 aromatic heterocycles. The Balaban J connectivity index is 2.02.